The monoisotopic (exact) mass is 248 g/mol. The summed E-state index contributed by atoms with van der Waals surface area (Å²) in [6.45, 7) is 10.2. The van der Waals surface area contributed by atoms with Crippen molar-refractivity contribution in [2.45, 2.75) is 34.1 Å². The third-order valence-electron chi connectivity index (χ3n) is 3.20. The number of hydrogen-bond donors (Lipinski definition) is 2. The fourth-order valence-corrected chi connectivity index (χ4v) is 1.79. The molecule has 0 radical (unpaired) electrons. The molecule has 0 bridgehead atoms. The fraction of sp³-hybridized carbons (Fsp3) is 0.643. The minimum Gasteiger partial charge on any atom is -0.357 e. The third-order valence-corrected chi connectivity index (χ3v) is 3.20. The lowest BCUT2D eigenvalue weighted by Gasteiger charge is -2.36. The largest absolute Gasteiger partial charge is 0.357 e. The van der Waals surface area contributed by atoms with Gasteiger partial charge in [-0.05, 0) is 30.4 Å². The van der Waals surface area contributed by atoms with Gasteiger partial charge in [-0.1, -0.05) is 27.7 Å². The summed E-state index contributed by atoms with van der Waals surface area (Å²) in [6.07, 6.45) is 4.02. The van der Waals surface area contributed by atoms with Crippen molar-refractivity contribution < 1.29 is 0 Å². The van der Waals surface area contributed by atoms with E-state index in [0.29, 0.717) is 17.7 Å². The Morgan fingerprint density at radius 3 is 2.33 bits per heavy atom. The summed E-state index contributed by atoms with van der Waals surface area (Å²) in [5.74, 6) is 1.71. The summed E-state index contributed by atoms with van der Waals surface area (Å²) < 4.78 is 0. The van der Waals surface area contributed by atoms with Crippen LogP contribution in [0.1, 0.15) is 34.1 Å². The van der Waals surface area contributed by atoms with E-state index in [0.717, 1.165) is 19.5 Å². The molecule has 4 heteroatoms. The van der Waals surface area contributed by atoms with Crippen molar-refractivity contribution in [1.82, 2.24) is 4.90 Å². The second-order valence-electron chi connectivity index (χ2n) is 4.43. The van der Waals surface area contributed by atoms with Crippen LogP contribution in [0.3, 0.4) is 0 Å². The second-order valence-corrected chi connectivity index (χ2v) is 4.43. The van der Waals surface area contributed by atoms with Crippen molar-refractivity contribution in [2.24, 2.45) is 11.8 Å². The van der Waals surface area contributed by atoms with Gasteiger partial charge in [0.05, 0.1) is 0 Å². The number of amidine groups is 1. The zero-order chi connectivity index (χ0) is 14.1. The van der Waals surface area contributed by atoms with Crippen LogP contribution in [-0.4, -0.2) is 29.5 Å². The Balaban J connectivity index is 0.00000137. The third kappa shape index (κ3) is 5.13. The van der Waals surface area contributed by atoms with Crippen LogP contribution in [0.25, 0.3) is 0 Å². The lowest BCUT2D eigenvalue weighted by molar-refractivity contribution is 0.204. The predicted molar refractivity (Wildman–Crippen MR) is 76.1 cm³/mol. The quantitative estimate of drug-likeness (QED) is 0.582. The Morgan fingerprint density at radius 2 is 1.83 bits per heavy atom. The molecule has 100 valence electrons. The molecule has 1 aliphatic rings. The van der Waals surface area contributed by atoms with Crippen molar-refractivity contribution in [2.75, 3.05) is 13.1 Å². The first-order valence-electron chi connectivity index (χ1n) is 6.54. The molecule has 0 aromatic carbocycles. The Hall–Kier alpha value is -1.63. The van der Waals surface area contributed by atoms with E-state index >= 15 is 0 Å². The van der Waals surface area contributed by atoms with E-state index in [4.69, 9.17) is 16.1 Å². The van der Waals surface area contributed by atoms with Gasteiger partial charge in [0.1, 0.15) is 17.6 Å². The Labute approximate surface area is 110 Å². The number of allylic oxidation sites excluding steroid dienone is 1. The highest BCUT2D eigenvalue weighted by Gasteiger charge is 2.23. The van der Waals surface area contributed by atoms with E-state index in [1.54, 1.807) is 6.07 Å². The lowest BCUT2D eigenvalue weighted by atomic mass is 9.88. The molecule has 1 aliphatic heterocycles. The molecule has 0 aromatic rings. The number of rotatable bonds is 2. The van der Waals surface area contributed by atoms with Crippen LogP contribution in [0, 0.1) is 34.0 Å². The average Bonchev–Trinajstić information content (AvgIpc) is 2.41. The molecule has 2 atom stereocenters. The number of likely N-dealkylation sites (tertiary alicyclic amines) is 1. The molecule has 0 amide bonds. The van der Waals surface area contributed by atoms with E-state index in [-0.39, 0.29) is 5.71 Å². The van der Waals surface area contributed by atoms with E-state index < -0.39 is 0 Å². The zero-order valence-corrected chi connectivity index (χ0v) is 11.8. The first kappa shape index (κ1) is 16.4. The highest BCUT2D eigenvalue weighted by Crippen LogP contribution is 2.22. The van der Waals surface area contributed by atoms with Gasteiger partial charge in [0.25, 0.3) is 0 Å². The molecule has 18 heavy (non-hydrogen) atoms. The number of nitrogens with zero attached hydrogens (tertiary/aromatic N) is 2. The normalized spacial score (nSPS) is 22.9. The second kappa shape index (κ2) is 8.46. The molecular weight excluding hydrogens is 224 g/mol. The molecule has 0 aliphatic carbocycles. The van der Waals surface area contributed by atoms with Crippen LogP contribution in [0.15, 0.2) is 12.2 Å². The van der Waals surface area contributed by atoms with E-state index in [9.17, 15) is 0 Å². The van der Waals surface area contributed by atoms with Crippen LogP contribution in [0.5, 0.6) is 0 Å². The standard InChI is InChI=1S/C12H18N4.C2H6/c1-9-5-6-16(8-10(9)2)12(15)4-3-11(14)7-13;1-2/h3-4,9-10,14-15H,5-6,8H2,1-2H3;1-2H3/b4-3-,14-11?,15-12?;. The molecule has 1 heterocycles. The predicted octanol–water partition coefficient (Wildman–Crippen LogP) is 3.07. The fourth-order valence-electron chi connectivity index (χ4n) is 1.79. The maximum atomic E-state index is 8.42. The summed E-state index contributed by atoms with van der Waals surface area (Å²) in [5.41, 5.74) is -0.108. The van der Waals surface area contributed by atoms with Gasteiger partial charge in [-0.2, -0.15) is 5.26 Å². The van der Waals surface area contributed by atoms with Crippen LogP contribution >= 0.6 is 0 Å². The van der Waals surface area contributed by atoms with Gasteiger partial charge in [-0.25, -0.2) is 0 Å². The molecule has 0 spiro atoms. The van der Waals surface area contributed by atoms with Gasteiger partial charge in [-0.15, -0.1) is 0 Å². The summed E-state index contributed by atoms with van der Waals surface area (Å²) in [4.78, 5) is 2.01. The molecule has 2 N–H and O–H groups in total. The molecule has 0 aromatic heterocycles. The smallest absolute Gasteiger partial charge is 0.132 e. The van der Waals surface area contributed by atoms with Crippen molar-refractivity contribution in [3.05, 3.63) is 12.2 Å². The number of nitriles is 1. The molecule has 1 fully saturated rings. The van der Waals surface area contributed by atoms with Crippen LogP contribution in [0.2, 0.25) is 0 Å². The molecule has 0 saturated carbocycles. The summed E-state index contributed by atoms with van der Waals surface area (Å²) in [7, 11) is 0. The number of hydrogen-bond acceptors (Lipinski definition) is 3. The van der Waals surface area contributed by atoms with Crippen LogP contribution in [0.4, 0.5) is 0 Å². The topological polar surface area (TPSA) is 74.7 Å². The minimum atomic E-state index is -0.108. The van der Waals surface area contributed by atoms with Crippen LogP contribution < -0.4 is 0 Å². The minimum absolute atomic E-state index is 0.108. The molecule has 4 nitrogen and oxygen atoms in total. The Kier molecular flexibility index (Phi) is 7.69. The molecular formula is C14H24N4. The highest BCUT2D eigenvalue weighted by atomic mass is 15.2. The van der Waals surface area contributed by atoms with Crippen molar-refractivity contribution >= 4 is 11.5 Å². The summed E-state index contributed by atoms with van der Waals surface area (Å²) >= 11 is 0. The summed E-state index contributed by atoms with van der Waals surface area (Å²) in [6, 6.07) is 1.72. The van der Waals surface area contributed by atoms with Crippen LogP contribution in [-0.2, 0) is 0 Å². The lowest BCUT2D eigenvalue weighted by Crippen LogP contribution is -2.41. The SMILES string of the molecule is CC.CC1CCN(C(=N)/C=C\C(=N)C#N)CC1C. The number of piperidine rings is 1. The van der Waals surface area contributed by atoms with E-state index in [1.165, 1.54) is 12.2 Å². The Bertz CT molecular complexity index is 351. The van der Waals surface area contributed by atoms with E-state index in [1.807, 2.05) is 18.7 Å². The Morgan fingerprint density at radius 1 is 1.22 bits per heavy atom. The van der Waals surface area contributed by atoms with Gasteiger partial charge in [0, 0.05) is 13.1 Å². The van der Waals surface area contributed by atoms with Crippen molar-refractivity contribution in [1.29, 1.82) is 16.1 Å². The van der Waals surface area contributed by atoms with E-state index in [2.05, 4.69) is 13.8 Å². The van der Waals surface area contributed by atoms with Crippen molar-refractivity contribution in [3.63, 3.8) is 0 Å². The van der Waals surface area contributed by atoms with Gasteiger partial charge < -0.3 is 4.90 Å². The maximum absolute atomic E-state index is 8.42. The molecule has 1 rings (SSSR count). The summed E-state index contributed by atoms with van der Waals surface area (Å²) in [5, 5.41) is 23.4. The molecule has 1 saturated heterocycles. The maximum Gasteiger partial charge on any atom is 0.132 e. The van der Waals surface area contributed by atoms with Gasteiger partial charge >= 0.3 is 0 Å². The average molecular weight is 248 g/mol. The highest BCUT2D eigenvalue weighted by molar-refractivity contribution is 6.08. The van der Waals surface area contributed by atoms with Gasteiger partial charge in [-0.3, -0.25) is 10.8 Å². The molecule has 2 unspecified atom stereocenters. The first-order chi connectivity index (χ1) is 8.54. The zero-order valence-electron chi connectivity index (χ0n) is 11.8. The van der Waals surface area contributed by atoms with Crippen molar-refractivity contribution in [3.8, 4) is 6.07 Å². The first-order valence-corrected chi connectivity index (χ1v) is 6.54. The van der Waals surface area contributed by atoms with Gasteiger partial charge in [0.2, 0.25) is 0 Å². The van der Waals surface area contributed by atoms with Gasteiger partial charge in [0.15, 0.2) is 0 Å². The number of nitrogens with one attached hydrogen (secondary N) is 2.